The van der Waals surface area contributed by atoms with Crippen LogP contribution in [0, 0.1) is 45.3 Å². The number of hydrogen-bond acceptors (Lipinski definition) is 12. The van der Waals surface area contributed by atoms with Crippen molar-refractivity contribution >= 4 is 23.9 Å². The van der Waals surface area contributed by atoms with E-state index in [-0.39, 0.29) is 34.4 Å². The van der Waals surface area contributed by atoms with Gasteiger partial charge in [0.15, 0.2) is 24.6 Å². The lowest BCUT2D eigenvalue weighted by molar-refractivity contribution is -0.333. The van der Waals surface area contributed by atoms with Crippen molar-refractivity contribution in [3.8, 4) is 0 Å². The van der Waals surface area contributed by atoms with Crippen LogP contribution < -0.4 is 0 Å². The quantitative estimate of drug-likeness (QED) is 0.113. The van der Waals surface area contributed by atoms with E-state index in [1.54, 1.807) is 7.11 Å². The smallest absolute Gasteiger partial charge is 0.303 e. The van der Waals surface area contributed by atoms with E-state index in [1.807, 2.05) is 0 Å². The number of carbonyl (C=O) groups is 4. The van der Waals surface area contributed by atoms with E-state index in [0.29, 0.717) is 30.8 Å². The van der Waals surface area contributed by atoms with Gasteiger partial charge in [-0.15, -0.1) is 0 Å². The molecule has 0 amide bonds. The molecule has 0 N–H and O–H groups in total. The Hall–Kier alpha value is -2.80. The molecule has 2 saturated heterocycles. The van der Waals surface area contributed by atoms with Crippen LogP contribution in [0.25, 0.3) is 0 Å². The molecule has 320 valence electrons. The predicted molar refractivity (Wildman–Crippen MR) is 209 cm³/mol. The highest BCUT2D eigenvalue weighted by atomic mass is 16.7. The van der Waals surface area contributed by atoms with Crippen molar-refractivity contribution in [3.05, 3.63) is 24.3 Å². The van der Waals surface area contributed by atoms with Gasteiger partial charge in [0, 0.05) is 51.6 Å². The van der Waals surface area contributed by atoms with E-state index in [0.717, 1.165) is 25.7 Å². The molecule has 5 fully saturated rings. The van der Waals surface area contributed by atoms with Gasteiger partial charge < -0.3 is 37.9 Å². The zero-order valence-corrected chi connectivity index (χ0v) is 36.3. The average Bonchev–Trinajstić information content (AvgIpc) is 3.51. The third-order valence-corrected chi connectivity index (χ3v) is 15.9. The first kappa shape index (κ1) is 43.8. The maximum Gasteiger partial charge on any atom is 0.303 e. The molecule has 0 aromatic rings. The molecule has 6 aliphatic rings. The Bertz CT molecular complexity index is 1620. The molecule has 57 heavy (non-hydrogen) atoms. The summed E-state index contributed by atoms with van der Waals surface area (Å²) in [6.07, 6.45) is 10.1. The predicted octanol–water partition coefficient (Wildman–Crippen LogP) is 7.06. The van der Waals surface area contributed by atoms with Crippen LogP contribution in [0.5, 0.6) is 0 Å². The molecule has 12 heteroatoms. The molecule has 0 aromatic heterocycles. The number of fused-ring (bicyclic) bond motifs is 2. The third kappa shape index (κ3) is 7.41. The van der Waals surface area contributed by atoms with Crippen LogP contribution in [0.15, 0.2) is 24.3 Å². The van der Waals surface area contributed by atoms with Crippen LogP contribution in [0.1, 0.15) is 121 Å². The lowest BCUT2D eigenvalue weighted by Crippen LogP contribution is -2.67. The molecule has 14 atom stereocenters. The van der Waals surface area contributed by atoms with Gasteiger partial charge in [-0.25, -0.2) is 0 Å². The first-order valence-electron chi connectivity index (χ1n) is 21.1. The summed E-state index contributed by atoms with van der Waals surface area (Å²) in [6.45, 7) is 21.4. The summed E-state index contributed by atoms with van der Waals surface area (Å²) < 4.78 is 48.5. The third-order valence-electron chi connectivity index (χ3n) is 15.9. The van der Waals surface area contributed by atoms with Crippen LogP contribution in [-0.4, -0.2) is 92.2 Å². The summed E-state index contributed by atoms with van der Waals surface area (Å²) in [7, 11) is 1.76. The summed E-state index contributed by atoms with van der Waals surface area (Å²) in [4.78, 5) is 49.2. The summed E-state index contributed by atoms with van der Waals surface area (Å²) in [5.41, 5.74) is -1.13. The maximum absolute atomic E-state index is 12.5. The molecule has 4 aliphatic carbocycles. The Morgan fingerprint density at radius 3 is 2.12 bits per heavy atom. The highest BCUT2D eigenvalue weighted by Gasteiger charge is 2.76. The summed E-state index contributed by atoms with van der Waals surface area (Å²) in [5, 5.41) is 0. The molecule has 2 aliphatic heterocycles. The van der Waals surface area contributed by atoms with Crippen molar-refractivity contribution < 1.29 is 57.1 Å². The molecular formula is C45H68O12. The summed E-state index contributed by atoms with van der Waals surface area (Å²) >= 11 is 0. The van der Waals surface area contributed by atoms with Gasteiger partial charge in [0.25, 0.3) is 0 Å². The Morgan fingerprint density at radius 2 is 1.49 bits per heavy atom. The molecule has 3 saturated carbocycles. The molecular weight excluding hydrogens is 732 g/mol. The molecule has 2 bridgehead atoms. The largest absolute Gasteiger partial charge is 0.463 e. The minimum absolute atomic E-state index is 0.000181. The second-order valence-electron chi connectivity index (χ2n) is 19.6. The van der Waals surface area contributed by atoms with E-state index < -0.39 is 71.7 Å². The molecule has 0 radical (unpaired) electrons. The fourth-order valence-electron chi connectivity index (χ4n) is 12.7. The summed E-state index contributed by atoms with van der Waals surface area (Å²) in [5.74, 6) is -0.747. The van der Waals surface area contributed by atoms with E-state index in [4.69, 9.17) is 37.9 Å². The molecule has 2 heterocycles. The number of ether oxygens (including phenoxy) is 8. The van der Waals surface area contributed by atoms with Crippen molar-refractivity contribution in [1.29, 1.82) is 0 Å². The maximum atomic E-state index is 12.5. The van der Waals surface area contributed by atoms with Crippen LogP contribution in [0.2, 0.25) is 0 Å². The number of esters is 4. The Morgan fingerprint density at radius 1 is 0.842 bits per heavy atom. The van der Waals surface area contributed by atoms with E-state index in [9.17, 15) is 19.2 Å². The van der Waals surface area contributed by atoms with Gasteiger partial charge in [0.05, 0.1) is 23.9 Å². The zero-order valence-electron chi connectivity index (χ0n) is 36.3. The van der Waals surface area contributed by atoms with Crippen molar-refractivity contribution in [2.45, 2.75) is 169 Å². The van der Waals surface area contributed by atoms with Crippen molar-refractivity contribution in [3.63, 3.8) is 0 Å². The minimum Gasteiger partial charge on any atom is -0.463 e. The van der Waals surface area contributed by atoms with Crippen LogP contribution in [-0.2, 0) is 57.1 Å². The SMILES string of the molecule is COC(C)(C)C=CC[C@@H](C)[C@H]1CC[C@@]2(C)[C@@H]3C=C[C@@]45OC[C@]3(CC[C@]12C)[C@@H]4CC[C@H](O[C@@H]1O[C@H](COC(C)=O)[C@@H](OC(C)=O)[C@@H](OC(C)=O)[C@H]1OC(C)=O)C5(C)C. The lowest BCUT2D eigenvalue weighted by atomic mass is 9.38. The van der Waals surface area contributed by atoms with Crippen molar-refractivity contribution in [2.24, 2.45) is 45.3 Å². The number of hydrogen-bond donors (Lipinski definition) is 0. The van der Waals surface area contributed by atoms with Crippen LogP contribution in [0.3, 0.4) is 0 Å². The molecule has 12 nitrogen and oxygen atoms in total. The fourth-order valence-corrected chi connectivity index (χ4v) is 12.7. The normalized spacial score (nSPS) is 42.4. The average molecular weight is 801 g/mol. The van der Waals surface area contributed by atoms with Gasteiger partial charge in [-0.1, -0.05) is 58.9 Å². The topological polar surface area (TPSA) is 142 Å². The van der Waals surface area contributed by atoms with Crippen molar-refractivity contribution in [2.75, 3.05) is 20.3 Å². The van der Waals surface area contributed by atoms with E-state index >= 15 is 0 Å². The Balaban J connectivity index is 1.28. The Labute approximate surface area is 339 Å². The van der Waals surface area contributed by atoms with Gasteiger partial charge >= 0.3 is 23.9 Å². The first-order chi connectivity index (χ1) is 26.6. The number of carbonyl (C=O) groups excluding carboxylic acids is 4. The van der Waals surface area contributed by atoms with Gasteiger partial charge in [-0.2, -0.15) is 0 Å². The van der Waals surface area contributed by atoms with Gasteiger partial charge in [0.1, 0.15) is 12.7 Å². The second-order valence-corrected chi connectivity index (χ2v) is 19.6. The monoisotopic (exact) mass is 800 g/mol. The zero-order chi connectivity index (χ0) is 41.9. The first-order valence-corrected chi connectivity index (χ1v) is 21.1. The minimum atomic E-state index is -1.29. The fraction of sp³-hybridized carbons (Fsp3) is 0.822. The number of allylic oxidation sites excluding steroid dienone is 2. The second kappa shape index (κ2) is 15.7. The molecule has 0 aromatic carbocycles. The van der Waals surface area contributed by atoms with Gasteiger partial charge in [-0.05, 0) is 87.4 Å². The number of rotatable bonds is 12. The Kier molecular flexibility index (Phi) is 12.0. The van der Waals surface area contributed by atoms with Gasteiger partial charge in [0.2, 0.25) is 0 Å². The lowest BCUT2D eigenvalue weighted by Gasteiger charge is -2.65. The standard InChI is InChI=1S/C45H68O12/c1-26(14-13-19-40(6,7)50-12)31-17-20-43(11)33-18-21-45-34(44(33,25-52-45)23-22-42(31,43)10)15-16-35(41(45,8)9)57-39-38(55-30(5)49)37(54-29(4)48)36(53-28(3)47)32(56-39)24-51-27(2)46/h13,18-19,21,26,31-39H,14-17,20,22-25H2,1-12H3/t26-,31-,32-,33+,34+,35+,36-,37-,38-,39+,42-,43+,44+,45-/m1/s1. The van der Waals surface area contributed by atoms with E-state index in [1.165, 1.54) is 40.5 Å². The van der Waals surface area contributed by atoms with Crippen LogP contribution in [0.4, 0.5) is 0 Å². The molecule has 6 rings (SSSR count). The van der Waals surface area contributed by atoms with E-state index in [2.05, 4.69) is 72.8 Å². The highest BCUT2D eigenvalue weighted by molar-refractivity contribution is 5.68. The molecule has 1 spiro atoms. The number of methoxy groups -OCH3 is 1. The molecule has 0 unspecified atom stereocenters. The van der Waals surface area contributed by atoms with Crippen LogP contribution >= 0.6 is 0 Å². The van der Waals surface area contributed by atoms with Gasteiger partial charge in [-0.3, -0.25) is 19.2 Å². The van der Waals surface area contributed by atoms with Crippen molar-refractivity contribution in [1.82, 2.24) is 0 Å². The summed E-state index contributed by atoms with van der Waals surface area (Å²) in [6, 6.07) is 0. The highest BCUT2D eigenvalue weighted by Crippen LogP contribution is 2.77.